The number of hydrazine groups is 1. The molecule has 0 spiro atoms. The predicted octanol–water partition coefficient (Wildman–Crippen LogP) is 3.69. The Morgan fingerprint density at radius 3 is 2.14 bits per heavy atom. The van der Waals surface area contributed by atoms with E-state index in [-0.39, 0.29) is 17.3 Å². The minimum Gasteiger partial charge on any atom is -0.271 e. The van der Waals surface area contributed by atoms with Gasteiger partial charge in [0, 0.05) is 5.56 Å². The molecular weight excluding hydrogens is 270 g/mol. The summed E-state index contributed by atoms with van der Waals surface area (Å²) in [5, 5.41) is 0. The van der Waals surface area contributed by atoms with Crippen molar-refractivity contribution in [1.29, 1.82) is 0 Å². The van der Waals surface area contributed by atoms with Crippen molar-refractivity contribution in [2.24, 2.45) is 29.0 Å². The molecule has 114 valence electrons. The van der Waals surface area contributed by atoms with E-state index in [4.69, 9.17) is 5.84 Å². The third-order valence-corrected chi connectivity index (χ3v) is 6.13. The minimum absolute atomic E-state index is 0.0120. The van der Waals surface area contributed by atoms with E-state index in [1.807, 2.05) is 0 Å². The zero-order valence-electron chi connectivity index (χ0n) is 12.1. The highest BCUT2D eigenvalue weighted by Gasteiger charge is 2.54. The fourth-order valence-corrected chi connectivity index (χ4v) is 5.86. The van der Waals surface area contributed by atoms with Crippen LogP contribution in [0.5, 0.6) is 0 Å². The molecule has 0 amide bonds. The van der Waals surface area contributed by atoms with Gasteiger partial charge in [0.05, 0.1) is 6.04 Å². The van der Waals surface area contributed by atoms with E-state index in [0.29, 0.717) is 5.56 Å². The van der Waals surface area contributed by atoms with Gasteiger partial charge in [-0.2, -0.15) is 0 Å². The molecule has 1 atom stereocenters. The van der Waals surface area contributed by atoms with Crippen molar-refractivity contribution >= 4 is 0 Å². The van der Waals surface area contributed by atoms with Gasteiger partial charge >= 0.3 is 0 Å². The van der Waals surface area contributed by atoms with Crippen LogP contribution in [0.4, 0.5) is 8.78 Å². The molecule has 2 nitrogen and oxygen atoms in total. The first-order valence-corrected chi connectivity index (χ1v) is 8.01. The highest BCUT2D eigenvalue weighted by molar-refractivity contribution is 5.26. The third kappa shape index (κ3) is 2.11. The second-order valence-corrected chi connectivity index (χ2v) is 7.55. The van der Waals surface area contributed by atoms with Crippen molar-refractivity contribution in [2.75, 3.05) is 0 Å². The second-order valence-electron chi connectivity index (χ2n) is 7.55. The minimum atomic E-state index is -0.392. The molecule has 1 unspecified atom stereocenters. The molecule has 5 rings (SSSR count). The average Bonchev–Trinajstić information content (AvgIpc) is 2.41. The van der Waals surface area contributed by atoms with Crippen LogP contribution in [0.2, 0.25) is 0 Å². The molecular formula is C17H22F2N2. The Morgan fingerprint density at radius 1 is 1.05 bits per heavy atom. The van der Waals surface area contributed by atoms with Crippen molar-refractivity contribution in [2.45, 2.75) is 44.6 Å². The van der Waals surface area contributed by atoms with Gasteiger partial charge in [-0.3, -0.25) is 11.3 Å². The van der Waals surface area contributed by atoms with Crippen LogP contribution >= 0.6 is 0 Å². The van der Waals surface area contributed by atoms with Crippen LogP contribution in [0.15, 0.2) is 18.2 Å². The molecule has 0 aromatic heterocycles. The monoisotopic (exact) mass is 292 g/mol. The standard InChI is InChI=1S/C17H22F2N2/c18-13-1-2-15(19)14(6-13)16(21-20)17-7-10-3-11(8-17)5-12(4-10)9-17/h1-2,6,10-12,16,21H,3-5,7-9,20H2. The van der Waals surface area contributed by atoms with E-state index in [0.717, 1.165) is 37.0 Å². The zero-order chi connectivity index (χ0) is 14.6. The van der Waals surface area contributed by atoms with Crippen LogP contribution in [-0.2, 0) is 0 Å². The lowest BCUT2D eigenvalue weighted by Crippen LogP contribution is -2.53. The third-order valence-electron chi connectivity index (χ3n) is 6.13. The summed E-state index contributed by atoms with van der Waals surface area (Å²) < 4.78 is 27.8. The van der Waals surface area contributed by atoms with Crippen molar-refractivity contribution in [1.82, 2.24) is 5.43 Å². The zero-order valence-corrected chi connectivity index (χ0v) is 12.1. The van der Waals surface area contributed by atoms with E-state index >= 15 is 0 Å². The number of benzene rings is 1. The smallest absolute Gasteiger partial charge is 0.128 e. The van der Waals surface area contributed by atoms with Crippen LogP contribution in [0.1, 0.15) is 50.1 Å². The summed E-state index contributed by atoms with van der Waals surface area (Å²) in [6, 6.07) is 3.43. The lowest BCUT2D eigenvalue weighted by atomic mass is 9.47. The molecule has 1 aromatic rings. The summed E-state index contributed by atoms with van der Waals surface area (Å²) in [5.74, 6) is 7.32. The predicted molar refractivity (Wildman–Crippen MR) is 77.0 cm³/mol. The molecule has 4 saturated carbocycles. The fraction of sp³-hybridized carbons (Fsp3) is 0.647. The molecule has 0 saturated heterocycles. The number of nitrogens with one attached hydrogen (secondary N) is 1. The molecule has 0 radical (unpaired) electrons. The Bertz CT molecular complexity index is 522. The lowest BCUT2D eigenvalue weighted by Gasteiger charge is -2.59. The molecule has 0 aliphatic heterocycles. The summed E-state index contributed by atoms with van der Waals surface area (Å²) in [6.07, 6.45) is 7.27. The average molecular weight is 292 g/mol. The van der Waals surface area contributed by atoms with Gasteiger partial charge in [0.1, 0.15) is 11.6 Å². The van der Waals surface area contributed by atoms with Crippen molar-refractivity contribution in [3.05, 3.63) is 35.4 Å². The molecule has 3 N–H and O–H groups in total. The summed E-state index contributed by atoms with van der Waals surface area (Å²) in [6.45, 7) is 0. The maximum atomic E-state index is 14.2. The molecule has 4 bridgehead atoms. The molecule has 1 aromatic carbocycles. The topological polar surface area (TPSA) is 38.0 Å². The van der Waals surface area contributed by atoms with Crippen LogP contribution < -0.4 is 11.3 Å². The summed E-state index contributed by atoms with van der Waals surface area (Å²) in [4.78, 5) is 0. The maximum Gasteiger partial charge on any atom is 0.128 e. The first-order chi connectivity index (χ1) is 10.1. The van der Waals surface area contributed by atoms with Gasteiger partial charge in [0.15, 0.2) is 0 Å². The Balaban J connectivity index is 1.74. The molecule has 21 heavy (non-hydrogen) atoms. The quantitative estimate of drug-likeness (QED) is 0.659. The van der Waals surface area contributed by atoms with Gasteiger partial charge in [-0.05, 0) is 79.9 Å². The molecule has 4 fully saturated rings. The van der Waals surface area contributed by atoms with E-state index in [9.17, 15) is 8.78 Å². The van der Waals surface area contributed by atoms with Crippen LogP contribution in [0.3, 0.4) is 0 Å². The lowest BCUT2D eigenvalue weighted by molar-refractivity contribution is -0.0755. The SMILES string of the molecule is NNC(c1cc(F)ccc1F)C12CC3CC(CC(C3)C1)C2. The first kappa shape index (κ1) is 13.6. The Labute approximate surface area is 124 Å². The van der Waals surface area contributed by atoms with Crippen LogP contribution in [0.25, 0.3) is 0 Å². The molecule has 4 heteroatoms. The summed E-state index contributed by atoms with van der Waals surface area (Å²) in [5.41, 5.74) is 3.25. The van der Waals surface area contributed by atoms with Crippen molar-refractivity contribution in [3.63, 3.8) is 0 Å². The normalized spacial score (nSPS) is 38.7. The van der Waals surface area contributed by atoms with Crippen LogP contribution in [-0.4, -0.2) is 0 Å². The Hall–Kier alpha value is -1.00. The van der Waals surface area contributed by atoms with Crippen molar-refractivity contribution < 1.29 is 8.78 Å². The fourth-order valence-electron chi connectivity index (χ4n) is 5.86. The first-order valence-electron chi connectivity index (χ1n) is 8.01. The largest absolute Gasteiger partial charge is 0.271 e. The van der Waals surface area contributed by atoms with Gasteiger partial charge in [0.25, 0.3) is 0 Å². The number of hydrogen-bond acceptors (Lipinski definition) is 2. The van der Waals surface area contributed by atoms with E-state index in [2.05, 4.69) is 5.43 Å². The molecule has 4 aliphatic rings. The number of halogens is 2. The Kier molecular flexibility index (Phi) is 3.09. The molecule has 0 heterocycles. The van der Waals surface area contributed by atoms with Crippen LogP contribution in [0, 0.1) is 34.8 Å². The van der Waals surface area contributed by atoms with Gasteiger partial charge in [-0.1, -0.05) is 0 Å². The highest BCUT2D eigenvalue weighted by atomic mass is 19.1. The number of hydrogen-bond donors (Lipinski definition) is 2. The summed E-state index contributed by atoms with van der Waals surface area (Å²) in [7, 11) is 0. The highest BCUT2D eigenvalue weighted by Crippen LogP contribution is 2.64. The van der Waals surface area contributed by atoms with E-state index < -0.39 is 5.82 Å². The van der Waals surface area contributed by atoms with E-state index in [1.165, 1.54) is 37.5 Å². The second kappa shape index (κ2) is 4.75. The maximum absolute atomic E-state index is 14.2. The van der Waals surface area contributed by atoms with Gasteiger partial charge in [0.2, 0.25) is 0 Å². The van der Waals surface area contributed by atoms with Crippen molar-refractivity contribution in [3.8, 4) is 0 Å². The Morgan fingerprint density at radius 2 is 1.62 bits per heavy atom. The van der Waals surface area contributed by atoms with E-state index in [1.54, 1.807) is 0 Å². The number of nitrogens with two attached hydrogens (primary N) is 1. The summed E-state index contributed by atoms with van der Waals surface area (Å²) >= 11 is 0. The van der Waals surface area contributed by atoms with Gasteiger partial charge in [-0.15, -0.1) is 0 Å². The molecule has 4 aliphatic carbocycles. The van der Waals surface area contributed by atoms with Gasteiger partial charge < -0.3 is 0 Å². The number of rotatable bonds is 3. The van der Waals surface area contributed by atoms with Gasteiger partial charge in [-0.25, -0.2) is 8.78 Å².